The molecular weight excluding hydrogens is 362 g/mol. The zero-order valence-electron chi connectivity index (χ0n) is 17.1. The van der Waals surface area contributed by atoms with Crippen LogP contribution in [0.2, 0.25) is 0 Å². The quantitative estimate of drug-likeness (QED) is 0.288. The van der Waals surface area contributed by atoms with E-state index in [0.29, 0.717) is 18.3 Å². The van der Waals surface area contributed by atoms with Crippen molar-refractivity contribution in [3.63, 3.8) is 0 Å². The second kappa shape index (κ2) is 12.9. The molecule has 0 saturated carbocycles. The normalized spacial score (nSPS) is 15.0. The van der Waals surface area contributed by atoms with Crippen molar-refractivity contribution in [3.8, 4) is 0 Å². The van der Waals surface area contributed by atoms with E-state index in [-0.39, 0.29) is 12.8 Å². The predicted octanol–water partition coefficient (Wildman–Crippen LogP) is 2.49. The van der Waals surface area contributed by atoms with Gasteiger partial charge in [0.15, 0.2) is 0 Å². The molecule has 1 saturated heterocycles. The average Bonchev–Trinajstić information content (AvgIpc) is 3.00. The zero-order valence-corrected chi connectivity index (χ0v) is 17.1. The maximum Gasteiger partial charge on any atom is 0.438 e. The third-order valence-corrected chi connectivity index (χ3v) is 4.23. The molecule has 3 amide bonds. The van der Waals surface area contributed by atoms with Gasteiger partial charge in [-0.05, 0) is 31.2 Å². The van der Waals surface area contributed by atoms with E-state index >= 15 is 0 Å². The number of carbonyl (C=O) groups excluding carboxylic acids is 3. The van der Waals surface area contributed by atoms with Gasteiger partial charge in [-0.3, -0.25) is 14.5 Å². The van der Waals surface area contributed by atoms with Crippen molar-refractivity contribution < 1.29 is 24.0 Å². The number of hydrogen-bond acceptors (Lipinski definition) is 6. The van der Waals surface area contributed by atoms with Gasteiger partial charge in [0, 0.05) is 39.2 Å². The van der Waals surface area contributed by atoms with Gasteiger partial charge in [0.05, 0.1) is 6.61 Å². The molecule has 0 aromatic heterocycles. The van der Waals surface area contributed by atoms with Gasteiger partial charge < -0.3 is 14.5 Å². The molecule has 0 unspecified atom stereocenters. The summed E-state index contributed by atoms with van der Waals surface area (Å²) in [7, 11) is 1.47. The molecule has 1 fully saturated rings. The Morgan fingerprint density at radius 3 is 2.43 bits per heavy atom. The van der Waals surface area contributed by atoms with E-state index in [1.165, 1.54) is 13.2 Å². The lowest BCUT2D eigenvalue weighted by Gasteiger charge is -2.18. The summed E-state index contributed by atoms with van der Waals surface area (Å²) in [6, 6.07) is 0. The van der Waals surface area contributed by atoms with Gasteiger partial charge >= 0.3 is 6.09 Å². The van der Waals surface area contributed by atoms with Crippen LogP contribution in [0, 0.1) is 0 Å². The number of imide groups is 1. The van der Waals surface area contributed by atoms with Crippen LogP contribution >= 0.6 is 0 Å². The van der Waals surface area contributed by atoms with Crippen LogP contribution in [-0.2, 0) is 19.2 Å². The maximum atomic E-state index is 12.0. The summed E-state index contributed by atoms with van der Waals surface area (Å²) < 4.78 is 5.69. The standard InChI is InChI=1S/C20H31N3O5/c1-5-9-17(16-27-15-8-13-22(6-2)7-3)12-14-21(4)20(26)28-23-18(24)10-11-19(23)25/h5,9,12,14H,1,6-8,10-11,13,15-16H2,2-4H3/b14-12-,17-9+. The maximum absolute atomic E-state index is 12.0. The van der Waals surface area contributed by atoms with Crippen LogP contribution in [0.1, 0.15) is 33.1 Å². The highest BCUT2D eigenvalue weighted by Crippen LogP contribution is 2.13. The number of hydrogen-bond donors (Lipinski definition) is 0. The number of ether oxygens (including phenoxy) is 1. The second-order valence-electron chi connectivity index (χ2n) is 6.28. The van der Waals surface area contributed by atoms with Crippen molar-refractivity contribution in [1.82, 2.24) is 14.9 Å². The van der Waals surface area contributed by atoms with Crippen molar-refractivity contribution in [3.05, 3.63) is 36.6 Å². The lowest BCUT2D eigenvalue weighted by molar-refractivity contribution is -0.172. The number of amides is 3. The van der Waals surface area contributed by atoms with Crippen LogP contribution in [0.3, 0.4) is 0 Å². The Balaban J connectivity index is 2.44. The molecule has 1 aliphatic rings. The lowest BCUT2D eigenvalue weighted by atomic mass is 10.2. The number of allylic oxidation sites excluding steroid dienone is 2. The van der Waals surface area contributed by atoms with Crippen LogP contribution in [0.15, 0.2) is 36.6 Å². The van der Waals surface area contributed by atoms with Crippen molar-refractivity contribution in [1.29, 1.82) is 0 Å². The topological polar surface area (TPSA) is 79.4 Å². The molecule has 0 bridgehead atoms. The van der Waals surface area contributed by atoms with Crippen molar-refractivity contribution >= 4 is 17.9 Å². The van der Waals surface area contributed by atoms with Gasteiger partial charge in [0.2, 0.25) is 0 Å². The molecule has 156 valence electrons. The summed E-state index contributed by atoms with van der Waals surface area (Å²) in [6.45, 7) is 12.0. The largest absolute Gasteiger partial charge is 0.438 e. The first-order chi connectivity index (χ1) is 13.4. The summed E-state index contributed by atoms with van der Waals surface area (Å²) in [6.07, 6.45) is 6.84. The van der Waals surface area contributed by atoms with Gasteiger partial charge in [-0.1, -0.05) is 32.6 Å². The van der Waals surface area contributed by atoms with Gasteiger partial charge in [-0.25, -0.2) is 4.79 Å². The zero-order chi connectivity index (χ0) is 20.9. The minimum atomic E-state index is -0.821. The van der Waals surface area contributed by atoms with Crippen LogP contribution < -0.4 is 0 Å². The van der Waals surface area contributed by atoms with E-state index in [4.69, 9.17) is 9.57 Å². The Morgan fingerprint density at radius 2 is 1.86 bits per heavy atom. The SMILES string of the molecule is C=C/C=C(\C=C/N(C)C(=O)ON1C(=O)CCC1=O)COCCCN(CC)CC. The number of carbonyl (C=O) groups is 3. The fourth-order valence-electron chi connectivity index (χ4n) is 2.49. The van der Waals surface area contributed by atoms with Gasteiger partial charge in [-0.15, -0.1) is 5.06 Å². The van der Waals surface area contributed by atoms with E-state index < -0.39 is 17.9 Å². The highest BCUT2D eigenvalue weighted by Gasteiger charge is 2.33. The Bertz CT molecular complexity index is 595. The minimum Gasteiger partial charge on any atom is -0.377 e. The molecule has 0 N–H and O–H groups in total. The highest BCUT2D eigenvalue weighted by atomic mass is 16.7. The molecule has 28 heavy (non-hydrogen) atoms. The Morgan fingerprint density at radius 1 is 1.21 bits per heavy atom. The Hall–Kier alpha value is -2.45. The van der Waals surface area contributed by atoms with Crippen LogP contribution in [0.25, 0.3) is 0 Å². The molecule has 8 nitrogen and oxygen atoms in total. The fraction of sp³-hybridized carbons (Fsp3) is 0.550. The number of hydroxylamine groups is 2. The van der Waals surface area contributed by atoms with Gasteiger partial charge in [-0.2, -0.15) is 0 Å². The summed E-state index contributed by atoms with van der Waals surface area (Å²) in [5, 5.41) is 0.520. The summed E-state index contributed by atoms with van der Waals surface area (Å²) in [5.41, 5.74) is 0.825. The molecule has 0 spiro atoms. The molecule has 8 heteroatoms. The smallest absolute Gasteiger partial charge is 0.377 e. The molecule has 1 rings (SSSR count). The lowest BCUT2D eigenvalue weighted by Crippen LogP contribution is -2.36. The van der Waals surface area contributed by atoms with Crippen LogP contribution in [0.5, 0.6) is 0 Å². The molecule has 0 atom stereocenters. The predicted molar refractivity (Wildman–Crippen MR) is 106 cm³/mol. The molecule has 0 aromatic rings. The van der Waals surface area contributed by atoms with E-state index in [2.05, 4.69) is 25.3 Å². The summed E-state index contributed by atoms with van der Waals surface area (Å²) in [4.78, 5) is 43.3. The van der Waals surface area contributed by atoms with E-state index in [1.54, 1.807) is 18.2 Å². The number of nitrogens with zero attached hydrogens (tertiary/aromatic N) is 3. The first-order valence-corrected chi connectivity index (χ1v) is 9.53. The summed E-state index contributed by atoms with van der Waals surface area (Å²) >= 11 is 0. The average molecular weight is 393 g/mol. The van der Waals surface area contributed by atoms with Crippen molar-refractivity contribution in [2.75, 3.05) is 39.9 Å². The molecule has 0 aromatic carbocycles. The number of rotatable bonds is 12. The summed E-state index contributed by atoms with van der Waals surface area (Å²) in [5.74, 6) is -1.03. The Labute approximate surface area is 167 Å². The first-order valence-electron chi connectivity index (χ1n) is 9.53. The Kier molecular flexibility index (Phi) is 10.8. The van der Waals surface area contributed by atoms with Crippen LogP contribution in [0.4, 0.5) is 4.79 Å². The second-order valence-corrected chi connectivity index (χ2v) is 6.28. The fourth-order valence-corrected chi connectivity index (χ4v) is 2.49. The monoisotopic (exact) mass is 393 g/mol. The van der Waals surface area contributed by atoms with Gasteiger partial charge in [0.25, 0.3) is 11.8 Å². The minimum absolute atomic E-state index is 0.0590. The molecule has 0 aliphatic carbocycles. The van der Waals surface area contributed by atoms with E-state index in [9.17, 15) is 14.4 Å². The molecule has 0 radical (unpaired) electrons. The highest BCUT2D eigenvalue weighted by molar-refractivity contribution is 6.01. The van der Waals surface area contributed by atoms with E-state index in [0.717, 1.165) is 36.5 Å². The third-order valence-electron chi connectivity index (χ3n) is 4.23. The van der Waals surface area contributed by atoms with Gasteiger partial charge in [0.1, 0.15) is 0 Å². The third kappa shape index (κ3) is 8.06. The molecule has 1 aliphatic heterocycles. The van der Waals surface area contributed by atoms with Crippen molar-refractivity contribution in [2.45, 2.75) is 33.1 Å². The van der Waals surface area contributed by atoms with Crippen molar-refractivity contribution in [2.24, 2.45) is 0 Å². The first kappa shape index (κ1) is 23.6. The van der Waals surface area contributed by atoms with E-state index in [1.807, 2.05) is 0 Å². The van der Waals surface area contributed by atoms with Crippen LogP contribution in [-0.4, -0.2) is 72.7 Å². The molecular formula is C20H31N3O5. The molecule has 1 heterocycles.